The summed E-state index contributed by atoms with van der Waals surface area (Å²) < 4.78 is 0. The van der Waals surface area contributed by atoms with Crippen LogP contribution in [0.2, 0.25) is 5.15 Å². The Balaban J connectivity index is 2.24. The molecule has 2 heterocycles. The molecule has 0 bridgehead atoms. The third-order valence-corrected chi connectivity index (χ3v) is 3.16. The fourth-order valence-electron chi connectivity index (χ4n) is 0.966. The number of hydrogen-bond acceptors (Lipinski definition) is 6. The average Bonchev–Trinajstić information content (AvgIpc) is 2.29. The lowest BCUT2D eigenvalue weighted by Crippen LogP contribution is -1.89. The highest BCUT2D eigenvalue weighted by Crippen LogP contribution is 2.26. The highest BCUT2D eigenvalue weighted by molar-refractivity contribution is 7.99. The molecule has 2 rings (SSSR count). The first-order valence-electron chi connectivity index (χ1n) is 4.30. The van der Waals surface area contributed by atoms with E-state index < -0.39 is 0 Å². The molecule has 0 N–H and O–H groups in total. The number of aromatic nitrogens is 4. The van der Waals surface area contributed by atoms with E-state index in [2.05, 4.69) is 19.9 Å². The van der Waals surface area contributed by atoms with Crippen molar-refractivity contribution in [2.24, 2.45) is 0 Å². The molecule has 0 atom stereocenters. The minimum atomic E-state index is 0.436. The maximum Gasteiger partial charge on any atom is 0.189 e. The molecule has 0 aliphatic heterocycles. The predicted octanol–water partition coefficient (Wildman–Crippen LogP) is 2.79. The molecule has 0 saturated heterocycles. The van der Waals surface area contributed by atoms with Crippen molar-refractivity contribution >= 4 is 35.1 Å². The number of rotatable bonds is 3. The molecule has 0 aliphatic carbocycles. The molecule has 16 heavy (non-hydrogen) atoms. The van der Waals surface area contributed by atoms with Crippen LogP contribution in [0.3, 0.4) is 0 Å². The zero-order valence-corrected chi connectivity index (χ0v) is 10.7. The van der Waals surface area contributed by atoms with Crippen LogP contribution in [-0.2, 0) is 0 Å². The summed E-state index contributed by atoms with van der Waals surface area (Å²) in [5, 5.41) is 2.64. The smallest absolute Gasteiger partial charge is 0.189 e. The maximum absolute atomic E-state index is 5.88. The summed E-state index contributed by atoms with van der Waals surface area (Å²) in [4.78, 5) is 16.5. The second-order valence-electron chi connectivity index (χ2n) is 2.66. The van der Waals surface area contributed by atoms with Gasteiger partial charge in [0.05, 0.1) is 6.20 Å². The second kappa shape index (κ2) is 5.47. The zero-order chi connectivity index (χ0) is 11.4. The summed E-state index contributed by atoms with van der Waals surface area (Å²) in [6.45, 7) is 0. The highest BCUT2D eigenvalue weighted by Gasteiger charge is 2.05. The molecule has 0 unspecified atom stereocenters. The Labute approximate surface area is 106 Å². The van der Waals surface area contributed by atoms with Crippen molar-refractivity contribution in [2.75, 3.05) is 6.26 Å². The van der Waals surface area contributed by atoms with Crippen LogP contribution in [0.25, 0.3) is 0 Å². The standard InChI is InChI=1S/C9H7ClN4S2/c1-15-9-13-6(10)4-7(14-9)16-8-5-11-2-3-12-8/h2-5H,1H3. The van der Waals surface area contributed by atoms with E-state index in [0.717, 1.165) is 10.1 Å². The molecule has 0 aromatic carbocycles. The van der Waals surface area contributed by atoms with E-state index in [4.69, 9.17) is 11.6 Å². The van der Waals surface area contributed by atoms with Crippen LogP contribution in [0.4, 0.5) is 0 Å². The molecule has 0 amide bonds. The lowest BCUT2D eigenvalue weighted by Gasteiger charge is -2.01. The van der Waals surface area contributed by atoms with E-state index in [1.165, 1.54) is 23.5 Å². The second-order valence-corrected chi connectivity index (χ2v) is 4.86. The zero-order valence-electron chi connectivity index (χ0n) is 8.29. The van der Waals surface area contributed by atoms with Gasteiger partial charge in [-0.25, -0.2) is 15.0 Å². The first-order chi connectivity index (χ1) is 7.78. The first kappa shape index (κ1) is 11.6. The Morgan fingerprint density at radius 1 is 1.19 bits per heavy atom. The lowest BCUT2D eigenvalue weighted by molar-refractivity contribution is 0.891. The Morgan fingerprint density at radius 3 is 2.75 bits per heavy atom. The third-order valence-electron chi connectivity index (χ3n) is 1.58. The van der Waals surface area contributed by atoms with Gasteiger partial charge in [0.2, 0.25) is 0 Å². The predicted molar refractivity (Wildman–Crippen MR) is 65.0 cm³/mol. The number of halogens is 1. The molecular formula is C9H7ClN4S2. The summed E-state index contributed by atoms with van der Waals surface area (Å²) in [5.41, 5.74) is 0. The molecule has 2 aromatic rings. The van der Waals surface area contributed by atoms with Gasteiger partial charge in [0.25, 0.3) is 0 Å². The van der Waals surface area contributed by atoms with Crippen molar-refractivity contribution < 1.29 is 0 Å². The quantitative estimate of drug-likeness (QED) is 0.486. The van der Waals surface area contributed by atoms with E-state index in [1.807, 2.05) is 6.26 Å². The topological polar surface area (TPSA) is 51.6 Å². The van der Waals surface area contributed by atoms with Crippen LogP contribution < -0.4 is 0 Å². The van der Waals surface area contributed by atoms with Crippen molar-refractivity contribution in [3.63, 3.8) is 0 Å². The van der Waals surface area contributed by atoms with Gasteiger partial charge in [-0.05, 0) is 18.0 Å². The Morgan fingerprint density at radius 2 is 2.06 bits per heavy atom. The van der Waals surface area contributed by atoms with Crippen molar-refractivity contribution in [3.8, 4) is 0 Å². The minimum absolute atomic E-state index is 0.436. The van der Waals surface area contributed by atoms with Gasteiger partial charge in [0.15, 0.2) is 5.16 Å². The van der Waals surface area contributed by atoms with Crippen LogP contribution >= 0.6 is 35.1 Å². The monoisotopic (exact) mass is 270 g/mol. The molecule has 2 aromatic heterocycles. The molecular weight excluding hydrogens is 264 g/mol. The fraction of sp³-hybridized carbons (Fsp3) is 0.111. The summed E-state index contributed by atoms with van der Waals surface area (Å²) >= 11 is 8.74. The first-order valence-corrected chi connectivity index (χ1v) is 6.72. The molecule has 4 nitrogen and oxygen atoms in total. The van der Waals surface area contributed by atoms with Gasteiger partial charge < -0.3 is 0 Å². The normalized spacial score (nSPS) is 10.4. The Hall–Kier alpha value is -0.850. The Bertz CT molecular complexity index is 480. The SMILES string of the molecule is CSc1nc(Cl)cc(Sc2cnccn2)n1. The summed E-state index contributed by atoms with van der Waals surface area (Å²) in [6, 6.07) is 1.71. The molecule has 0 radical (unpaired) electrons. The van der Waals surface area contributed by atoms with E-state index >= 15 is 0 Å². The van der Waals surface area contributed by atoms with Crippen LogP contribution in [0.1, 0.15) is 0 Å². The Kier molecular flexibility index (Phi) is 3.98. The van der Waals surface area contributed by atoms with E-state index in [9.17, 15) is 0 Å². The van der Waals surface area contributed by atoms with Crippen LogP contribution in [0.15, 0.2) is 39.9 Å². The summed E-state index contributed by atoms with van der Waals surface area (Å²) in [7, 11) is 0. The third kappa shape index (κ3) is 3.07. The number of thioether (sulfide) groups is 1. The van der Waals surface area contributed by atoms with Gasteiger partial charge in [-0.1, -0.05) is 23.4 Å². The molecule has 82 valence electrons. The van der Waals surface area contributed by atoms with Gasteiger partial charge in [-0.2, -0.15) is 0 Å². The number of hydrogen-bond donors (Lipinski definition) is 0. The van der Waals surface area contributed by atoms with Crippen molar-refractivity contribution in [3.05, 3.63) is 29.8 Å². The van der Waals surface area contributed by atoms with E-state index in [0.29, 0.717) is 10.3 Å². The van der Waals surface area contributed by atoms with Crippen molar-refractivity contribution in [1.82, 2.24) is 19.9 Å². The molecule has 0 saturated carbocycles. The molecule has 0 spiro atoms. The van der Waals surface area contributed by atoms with E-state index in [1.54, 1.807) is 24.7 Å². The summed E-state index contributed by atoms with van der Waals surface area (Å²) in [6.07, 6.45) is 6.85. The van der Waals surface area contributed by atoms with Gasteiger partial charge in [-0.3, -0.25) is 4.98 Å². The highest BCUT2D eigenvalue weighted by atomic mass is 35.5. The average molecular weight is 271 g/mol. The lowest BCUT2D eigenvalue weighted by atomic mass is 10.7. The van der Waals surface area contributed by atoms with Crippen LogP contribution in [0, 0.1) is 0 Å². The van der Waals surface area contributed by atoms with Gasteiger partial charge >= 0.3 is 0 Å². The van der Waals surface area contributed by atoms with Gasteiger partial charge in [-0.15, -0.1) is 0 Å². The van der Waals surface area contributed by atoms with Crippen LogP contribution in [-0.4, -0.2) is 26.2 Å². The van der Waals surface area contributed by atoms with Crippen molar-refractivity contribution in [2.45, 2.75) is 15.2 Å². The number of nitrogens with zero attached hydrogens (tertiary/aromatic N) is 4. The molecule has 0 fully saturated rings. The maximum atomic E-state index is 5.88. The van der Waals surface area contributed by atoms with Gasteiger partial charge in [0, 0.05) is 18.5 Å². The molecule has 7 heteroatoms. The fourth-order valence-corrected chi connectivity index (χ4v) is 2.45. The van der Waals surface area contributed by atoms with Crippen LogP contribution in [0.5, 0.6) is 0 Å². The minimum Gasteiger partial charge on any atom is -0.260 e. The van der Waals surface area contributed by atoms with Crippen molar-refractivity contribution in [1.29, 1.82) is 0 Å². The molecule has 0 aliphatic rings. The summed E-state index contributed by atoms with van der Waals surface area (Å²) in [5.74, 6) is 0. The van der Waals surface area contributed by atoms with Gasteiger partial charge in [0.1, 0.15) is 15.2 Å². The van der Waals surface area contributed by atoms with E-state index in [-0.39, 0.29) is 0 Å². The largest absolute Gasteiger partial charge is 0.260 e.